The summed E-state index contributed by atoms with van der Waals surface area (Å²) in [6.07, 6.45) is 4.32. The quantitative estimate of drug-likeness (QED) is 0.646. The van der Waals surface area contributed by atoms with Gasteiger partial charge in [0.2, 0.25) is 10.1 Å². The van der Waals surface area contributed by atoms with E-state index in [1.165, 1.54) is 21.9 Å². The highest BCUT2D eigenvalue weighted by Crippen LogP contribution is 2.22. The molecule has 7 nitrogen and oxygen atoms in total. The molecule has 0 atom stereocenters. The molecule has 132 valence electrons. The van der Waals surface area contributed by atoms with Crippen molar-refractivity contribution >= 4 is 27.4 Å². The van der Waals surface area contributed by atoms with Gasteiger partial charge in [-0.2, -0.15) is 4.52 Å². The van der Waals surface area contributed by atoms with Gasteiger partial charge in [-0.05, 0) is 19.8 Å². The Balaban J connectivity index is 2.35. The van der Waals surface area contributed by atoms with Crippen LogP contribution in [0.3, 0.4) is 0 Å². The fraction of sp³-hybridized carbons (Fsp3) is 0.625. The van der Waals surface area contributed by atoms with Gasteiger partial charge in [0.1, 0.15) is 0 Å². The predicted molar refractivity (Wildman–Crippen MR) is 95.1 cm³/mol. The molecule has 0 bridgehead atoms. The standard InChI is InChI=1S/C16H24N4O3S/c1-4-7-9-19(10-8-5-2)16-18-20-13(21)11-12(14(22)23-6-3)17-15(20)24-16/h11H,4-10H2,1-3H3. The Kier molecular flexibility index (Phi) is 6.72. The van der Waals surface area contributed by atoms with Crippen molar-refractivity contribution in [1.29, 1.82) is 0 Å². The minimum Gasteiger partial charge on any atom is -0.461 e. The van der Waals surface area contributed by atoms with E-state index in [-0.39, 0.29) is 17.9 Å². The lowest BCUT2D eigenvalue weighted by molar-refractivity contribution is 0.0519. The summed E-state index contributed by atoms with van der Waals surface area (Å²) < 4.78 is 6.17. The maximum Gasteiger partial charge on any atom is 0.357 e. The Bertz CT molecular complexity index is 732. The molecule has 0 saturated heterocycles. The molecule has 0 aliphatic carbocycles. The molecular formula is C16H24N4O3S. The maximum absolute atomic E-state index is 12.2. The molecule has 0 spiro atoms. The number of hydrogen-bond donors (Lipinski definition) is 0. The SMILES string of the molecule is CCCCN(CCCC)c1nn2c(=O)cc(C(=O)OCC)nc2s1. The van der Waals surface area contributed by atoms with E-state index in [0.717, 1.165) is 43.9 Å². The third-order valence-corrected chi connectivity index (χ3v) is 4.52. The van der Waals surface area contributed by atoms with Crippen molar-refractivity contribution in [1.82, 2.24) is 14.6 Å². The smallest absolute Gasteiger partial charge is 0.357 e. The summed E-state index contributed by atoms with van der Waals surface area (Å²) in [6, 6.07) is 1.18. The average molecular weight is 352 g/mol. The molecule has 0 N–H and O–H groups in total. The third-order valence-electron chi connectivity index (χ3n) is 3.55. The van der Waals surface area contributed by atoms with Crippen LogP contribution in [0.1, 0.15) is 56.9 Å². The molecule has 0 fully saturated rings. The molecule has 2 aromatic rings. The molecule has 24 heavy (non-hydrogen) atoms. The lowest BCUT2D eigenvalue weighted by Crippen LogP contribution is -2.26. The van der Waals surface area contributed by atoms with Gasteiger partial charge in [0.05, 0.1) is 6.61 Å². The van der Waals surface area contributed by atoms with E-state index in [4.69, 9.17) is 4.74 Å². The minimum absolute atomic E-state index is 0.0331. The molecule has 0 saturated carbocycles. The number of carbonyl (C=O) groups is 1. The van der Waals surface area contributed by atoms with Crippen molar-refractivity contribution in [3.05, 3.63) is 22.1 Å². The summed E-state index contributed by atoms with van der Waals surface area (Å²) >= 11 is 1.33. The molecule has 0 aliphatic heterocycles. The fourth-order valence-electron chi connectivity index (χ4n) is 2.24. The van der Waals surface area contributed by atoms with Crippen molar-refractivity contribution in [2.75, 3.05) is 24.6 Å². The van der Waals surface area contributed by atoms with Gasteiger partial charge < -0.3 is 9.64 Å². The molecule has 8 heteroatoms. The van der Waals surface area contributed by atoms with Crippen LogP contribution in [0.4, 0.5) is 5.13 Å². The molecule has 2 aromatic heterocycles. The number of nitrogens with zero attached hydrogens (tertiary/aromatic N) is 4. The first kappa shape index (κ1) is 18.4. The van der Waals surface area contributed by atoms with Gasteiger partial charge in [-0.3, -0.25) is 4.79 Å². The predicted octanol–water partition coefficient (Wildman–Crippen LogP) is 2.73. The molecule has 0 aromatic carbocycles. The van der Waals surface area contributed by atoms with Crippen LogP contribution < -0.4 is 10.5 Å². The largest absolute Gasteiger partial charge is 0.461 e. The first-order valence-electron chi connectivity index (χ1n) is 8.43. The van der Waals surface area contributed by atoms with Gasteiger partial charge in [-0.1, -0.05) is 38.0 Å². The maximum atomic E-state index is 12.2. The summed E-state index contributed by atoms with van der Waals surface area (Å²) in [7, 11) is 0. The first-order valence-corrected chi connectivity index (χ1v) is 9.25. The van der Waals surface area contributed by atoms with Crippen LogP contribution in [0.15, 0.2) is 10.9 Å². The number of aromatic nitrogens is 3. The second-order valence-corrected chi connectivity index (χ2v) is 6.41. The topological polar surface area (TPSA) is 76.8 Å². The zero-order valence-corrected chi connectivity index (χ0v) is 15.3. The van der Waals surface area contributed by atoms with E-state index in [2.05, 4.69) is 28.8 Å². The van der Waals surface area contributed by atoms with Gasteiger partial charge in [0.15, 0.2) is 5.69 Å². The Morgan fingerprint density at radius 1 is 1.25 bits per heavy atom. The molecule has 0 unspecified atom stereocenters. The van der Waals surface area contributed by atoms with Gasteiger partial charge >= 0.3 is 5.97 Å². The second-order valence-electron chi connectivity index (χ2n) is 5.47. The highest BCUT2D eigenvalue weighted by Gasteiger charge is 2.17. The average Bonchev–Trinajstić information content (AvgIpc) is 2.99. The number of hydrogen-bond acceptors (Lipinski definition) is 7. The van der Waals surface area contributed by atoms with Gasteiger partial charge in [0.25, 0.3) is 5.56 Å². The highest BCUT2D eigenvalue weighted by molar-refractivity contribution is 7.20. The van der Waals surface area contributed by atoms with Crippen molar-refractivity contribution in [2.45, 2.75) is 46.5 Å². The number of unbranched alkanes of at least 4 members (excludes halogenated alkanes) is 2. The van der Waals surface area contributed by atoms with E-state index in [0.29, 0.717) is 4.96 Å². The van der Waals surface area contributed by atoms with E-state index < -0.39 is 5.97 Å². The van der Waals surface area contributed by atoms with Crippen molar-refractivity contribution in [2.24, 2.45) is 0 Å². The first-order chi connectivity index (χ1) is 11.6. The molecular weight excluding hydrogens is 328 g/mol. The van der Waals surface area contributed by atoms with Crippen LogP contribution >= 0.6 is 11.3 Å². The van der Waals surface area contributed by atoms with Crippen LogP contribution in [-0.2, 0) is 4.74 Å². The Morgan fingerprint density at radius 2 is 1.92 bits per heavy atom. The van der Waals surface area contributed by atoms with Crippen molar-refractivity contribution < 1.29 is 9.53 Å². The van der Waals surface area contributed by atoms with E-state index >= 15 is 0 Å². The fourth-order valence-corrected chi connectivity index (χ4v) is 3.20. The van der Waals surface area contributed by atoms with Crippen molar-refractivity contribution in [3.8, 4) is 0 Å². The van der Waals surface area contributed by atoms with Crippen LogP contribution in [0.5, 0.6) is 0 Å². The molecule has 0 amide bonds. The van der Waals surface area contributed by atoms with Crippen LogP contribution in [0.2, 0.25) is 0 Å². The number of rotatable bonds is 9. The minimum atomic E-state index is -0.583. The summed E-state index contributed by atoms with van der Waals surface area (Å²) in [5.41, 5.74) is -0.331. The normalized spacial score (nSPS) is 11.0. The number of ether oxygens (including phenoxy) is 1. The van der Waals surface area contributed by atoms with Crippen molar-refractivity contribution in [3.63, 3.8) is 0 Å². The summed E-state index contributed by atoms with van der Waals surface area (Å²) in [6.45, 7) is 8.05. The third kappa shape index (κ3) is 4.31. The van der Waals surface area contributed by atoms with Crippen LogP contribution in [-0.4, -0.2) is 40.3 Å². The highest BCUT2D eigenvalue weighted by atomic mass is 32.1. The lowest BCUT2D eigenvalue weighted by Gasteiger charge is -2.20. The van der Waals surface area contributed by atoms with Gasteiger partial charge in [-0.15, -0.1) is 5.10 Å². The monoisotopic (exact) mass is 352 g/mol. The number of carbonyl (C=O) groups excluding carboxylic acids is 1. The van der Waals surface area contributed by atoms with E-state index in [1.807, 2.05) is 0 Å². The van der Waals surface area contributed by atoms with Crippen LogP contribution in [0.25, 0.3) is 4.96 Å². The lowest BCUT2D eigenvalue weighted by atomic mass is 10.3. The Labute approximate surface area is 145 Å². The zero-order chi connectivity index (χ0) is 17.5. The molecule has 0 radical (unpaired) electrons. The Hall–Kier alpha value is -1.96. The Morgan fingerprint density at radius 3 is 2.50 bits per heavy atom. The second kappa shape index (κ2) is 8.77. The van der Waals surface area contributed by atoms with E-state index in [1.54, 1.807) is 6.92 Å². The number of anilines is 1. The summed E-state index contributed by atoms with van der Waals surface area (Å²) in [5, 5.41) is 5.17. The van der Waals surface area contributed by atoms with Crippen LogP contribution in [0, 0.1) is 0 Å². The summed E-state index contributed by atoms with van der Waals surface area (Å²) in [4.78, 5) is 30.9. The molecule has 0 aliphatic rings. The number of fused-ring (bicyclic) bond motifs is 1. The zero-order valence-electron chi connectivity index (χ0n) is 14.4. The van der Waals surface area contributed by atoms with Gasteiger partial charge in [-0.25, -0.2) is 9.78 Å². The molecule has 2 heterocycles. The van der Waals surface area contributed by atoms with Gasteiger partial charge in [0, 0.05) is 19.2 Å². The number of esters is 1. The molecule has 2 rings (SSSR count). The van der Waals surface area contributed by atoms with E-state index in [9.17, 15) is 9.59 Å². The summed E-state index contributed by atoms with van der Waals surface area (Å²) in [5.74, 6) is -0.583.